The highest BCUT2D eigenvalue weighted by atomic mass is 35.5. The van der Waals surface area contributed by atoms with Crippen LogP contribution in [0.4, 0.5) is 0 Å². The van der Waals surface area contributed by atoms with Crippen LogP contribution in [0.15, 0.2) is 59.0 Å². The molecule has 0 aliphatic carbocycles. The van der Waals surface area contributed by atoms with Crippen LogP contribution in [-0.4, -0.2) is 17.1 Å². The van der Waals surface area contributed by atoms with Gasteiger partial charge in [0.15, 0.2) is 0 Å². The number of carbonyl (C=O) groups excluding carboxylic acids is 1. The summed E-state index contributed by atoms with van der Waals surface area (Å²) in [4.78, 5) is 16.4. The van der Waals surface area contributed by atoms with Crippen LogP contribution in [0.25, 0.3) is 21.5 Å². The lowest BCUT2D eigenvalue weighted by Gasteiger charge is -2.10. The zero-order valence-corrected chi connectivity index (χ0v) is 16.1. The van der Waals surface area contributed by atoms with Crippen LogP contribution >= 0.6 is 22.9 Å². The van der Waals surface area contributed by atoms with Crippen molar-refractivity contribution in [1.82, 2.24) is 10.4 Å². The van der Waals surface area contributed by atoms with Gasteiger partial charge in [0.1, 0.15) is 0 Å². The summed E-state index contributed by atoms with van der Waals surface area (Å²) in [6.07, 6.45) is 1.90. The van der Waals surface area contributed by atoms with Crippen LogP contribution in [0.5, 0.6) is 0 Å². The molecule has 1 heterocycles. The summed E-state index contributed by atoms with van der Waals surface area (Å²) in [5.74, 6) is -0.195. The number of nitrogens with one attached hydrogen (secondary N) is 1. The van der Waals surface area contributed by atoms with Crippen LogP contribution in [0.1, 0.15) is 16.3 Å². The van der Waals surface area contributed by atoms with E-state index in [1.807, 2.05) is 60.8 Å². The molecule has 4 rings (SSSR count). The van der Waals surface area contributed by atoms with Crippen molar-refractivity contribution in [3.63, 3.8) is 0 Å². The Hall–Kier alpha value is -2.76. The first-order chi connectivity index (χ1) is 13.1. The molecule has 0 unspecified atom stereocenters. The number of amides is 1. The standard InChI is InChI=1S/C21H16ClN3OS/c1-13-24-14(12-27-13)10-20(26)25-23-11-19-15-6-2-4-8-17(15)21(22)18-9-5-3-7-16(18)19/h2-9,11-12H,10H2,1H3,(H,25,26)/b23-11-. The summed E-state index contributed by atoms with van der Waals surface area (Å²) in [5.41, 5.74) is 4.28. The lowest BCUT2D eigenvalue weighted by Crippen LogP contribution is -2.20. The number of fused-ring (bicyclic) bond motifs is 2. The number of halogens is 1. The number of nitrogens with zero attached hydrogens (tertiary/aromatic N) is 2. The fraction of sp³-hybridized carbons (Fsp3) is 0.0952. The molecular weight excluding hydrogens is 378 g/mol. The molecule has 1 N–H and O–H groups in total. The van der Waals surface area contributed by atoms with Gasteiger partial charge in [-0.05, 0) is 17.7 Å². The molecule has 0 spiro atoms. The van der Waals surface area contributed by atoms with Crippen molar-refractivity contribution in [3.05, 3.63) is 75.2 Å². The first kappa shape index (κ1) is 17.6. The number of aryl methyl sites for hydroxylation is 1. The van der Waals surface area contributed by atoms with Gasteiger partial charge in [0.2, 0.25) is 5.91 Å². The minimum Gasteiger partial charge on any atom is -0.273 e. The second-order valence-electron chi connectivity index (χ2n) is 6.15. The van der Waals surface area contributed by atoms with Gasteiger partial charge in [-0.2, -0.15) is 5.10 Å². The quantitative estimate of drug-likeness (QED) is 0.298. The maximum Gasteiger partial charge on any atom is 0.246 e. The monoisotopic (exact) mass is 393 g/mol. The Morgan fingerprint density at radius 1 is 1.11 bits per heavy atom. The summed E-state index contributed by atoms with van der Waals surface area (Å²) < 4.78 is 0. The van der Waals surface area contributed by atoms with Gasteiger partial charge < -0.3 is 0 Å². The second-order valence-corrected chi connectivity index (χ2v) is 7.59. The molecule has 0 saturated carbocycles. The predicted molar refractivity (Wildman–Crippen MR) is 113 cm³/mol. The summed E-state index contributed by atoms with van der Waals surface area (Å²) in [6, 6.07) is 15.9. The van der Waals surface area contributed by atoms with Crippen molar-refractivity contribution in [1.29, 1.82) is 0 Å². The van der Waals surface area contributed by atoms with Crippen molar-refractivity contribution >= 4 is 56.6 Å². The summed E-state index contributed by atoms with van der Waals surface area (Å²) in [5, 5.41) is 11.7. The Morgan fingerprint density at radius 2 is 1.70 bits per heavy atom. The van der Waals surface area contributed by atoms with Gasteiger partial charge in [-0.25, -0.2) is 10.4 Å². The largest absolute Gasteiger partial charge is 0.273 e. The Morgan fingerprint density at radius 3 is 2.26 bits per heavy atom. The number of benzene rings is 3. The van der Waals surface area contributed by atoms with E-state index in [0.717, 1.165) is 42.8 Å². The van der Waals surface area contributed by atoms with Crippen LogP contribution in [0, 0.1) is 6.92 Å². The Bertz CT molecular complexity index is 1130. The fourth-order valence-corrected chi connectivity index (χ4v) is 4.05. The van der Waals surface area contributed by atoms with Crippen LogP contribution in [0.3, 0.4) is 0 Å². The van der Waals surface area contributed by atoms with E-state index < -0.39 is 0 Å². The maximum absolute atomic E-state index is 12.1. The molecule has 0 atom stereocenters. The van der Waals surface area contributed by atoms with Crippen molar-refractivity contribution in [3.8, 4) is 0 Å². The zero-order chi connectivity index (χ0) is 18.8. The third-order valence-corrected chi connectivity index (χ3v) is 5.53. The molecule has 1 aromatic heterocycles. The van der Waals surface area contributed by atoms with E-state index in [9.17, 15) is 4.79 Å². The normalized spacial score (nSPS) is 11.5. The van der Waals surface area contributed by atoms with E-state index in [2.05, 4.69) is 15.5 Å². The molecule has 0 fully saturated rings. The number of aromatic nitrogens is 1. The van der Waals surface area contributed by atoms with Gasteiger partial charge in [-0.3, -0.25) is 4.79 Å². The van der Waals surface area contributed by atoms with Crippen molar-refractivity contribution in [2.75, 3.05) is 0 Å². The molecule has 0 aliphatic heterocycles. The highest BCUT2D eigenvalue weighted by Crippen LogP contribution is 2.35. The number of hydrogen-bond donors (Lipinski definition) is 1. The Balaban J connectivity index is 1.67. The Labute approximate surface area is 165 Å². The summed E-state index contributed by atoms with van der Waals surface area (Å²) in [6.45, 7) is 1.92. The van der Waals surface area contributed by atoms with E-state index in [4.69, 9.17) is 11.6 Å². The van der Waals surface area contributed by atoms with Crippen molar-refractivity contribution in [2.24, 2.45) is 5.10 Å². The number of hydrogen-bond acceptors (Lipinski definition) is 4. The molecule has 4 nitrogen and oxygen atoms in total. The summed E-state index contributed by atoms with van der Waals surface area (Å²) >= 11 is 8.13. The topological polar surface area (TPSA) is 54.4 Å². The highest BCUT2D eigenvalue weighted by Gasteiger charge is 2.11. The number of carbonyl (C=O) groups is 1. The maximum atomic E-state index is 12.1. The van der Waals surface area contributed by atoms with Crippen LogP contribution < -0.4 is 5.43 Å². The smallest absolute Gasteiger partial charge is 0.246 e. The van der Waals surface area contributed by atoms with Crippen molar-refractivity contribution < 1.29 is 4.79 Å². The minimum absolute atomic E-state index is 0.195. The highest BCUT2D eigenvalue weighted by molar-refractivity contribution is 7.09. The number of rotatable bonds is 4. The molecule has 0 radical (unpaired) electrons. The van der Waals surface area contributed by atoms with E-state index in [0.29, 0.717) is 0 Å². The average Bonchev–Trinajstić information content (AvgIpc) is 3.09. The predicted octanol–water partition coefficient (Wildman–Crippen LogP) is 5.10. The molecule has 0 aliphatic rings. The van der Waals surface area contributed by atoms with Gasteiger partial charge in [-0.1, -0.05) is 60.1 Å². The fourth-order valence-electron chi connectivity index (χ4n) is 3.11. The van der Waals surface area contributed by atoms with Gasteiger partial charge in [0.25, 0.3) is 0 Å². The lowest BCUT2D eigenvalue weighted by molar-refractivity contribution is -0.120. The molecule has 134 valence electrons. The molecule has 4 aromatic rings. The molecule has 1 amide bonds. The van der Waals surface area contributed by atoms with Crippen LogP contribution in [-0.2, 0) is 11.2 Å². The number of thiazole rings is 1. The third-order valence-electron chi connectivity index (χ3n) is 4.30. The summed E-state index contributed by atoms with van der Waals surface area (Å²) in [7, 11) is 0. The Kier molecular flexibility index (Phi) is 4.88. The van der Waals surface area contributed by atoms with Gasteiger partial charge in [0, 0.05) is 21.7 Å². The average molecular weight is 394 g/mol. The number of hydrazone groups is 1. The van der Waals surface area contributed by atoms with E-state index in [1.165, 1.54) is 11.3 Å². The van der Waals surface area contributed by atoms with Crippen LogP contribution in [0.2, 0.25) is 5.02 Å². The molecule has 27 heavy (non-hydrogen) atoms. The third kappa shape index (κ3) is 3.56. The van der Waals surface area contributed by atoms with Gasteiger partial charge in [0.05, 0.1) is 28.4 Å². The van der Waals surface area contributed by atoms with Gasteiger partial charge >= 0.3 is 0 Å². The second kappa shape index (κ2) is 7.47. The van der Waals surface area contributed by atoms with Crippen molar-refractivity contribution in [2.45, 2.75) is 13.3 Å². The lowest BCUT2D eigenvalue weighted by atomic mass is 9.97. The van der Waals surface area contributed by atoms with E-state index >= 15 is 0 Å². The SMILES string of the molecule is Cc1nc(CC(=O)N/N=C\c2c3ccccc3c(Cl)c3ccccc23)cs1. The first-order valence-corrected chi connectivity index (χ1v) is 9.71. The minimum atomic E-state index is -0.195. The first-order valence-electron chi connectivity index (χ1n) is 8.45. The van der Waals surface area contributed by atoms with Gasteiger partial charge in [-0.15, -0.1) is 11.3 Å². The van der Waals surface area contributed by atoms with E-state index in [1.54, 1.807) is 6.21 Å². The molecular formula is C21H16ClN3OS. The zero-order valence-electron chi connectivity index (χ0n) is 14.6. The molecule has 0 saturated heterocycles. The molecule has 3 aromatic carbocycles. The molecule has 6 heteroatoms. The van der Waals surface area contributed by atoms with E-state index in [-0.39, 0.29) is 12.3 Å². The molecule has 0 bridgehead atoms.